The van der Waals surface area contributed by atoms with Gasteiger partial charge in [-0.25, -0.2) is 0 Å². The predicted octanol–water partition coefficient (Wildman–Crippen LogP) is 4.31. The number of benzene rings is 1. The molecule has 18 heavy (non-hydrogen) atoms. The van der Waals surface area contributed by atoms with Crippen molar-refractivity contribution in [3.63, 3.8) is 0 Å². The number of hydrogen-bond donors (Lipinski definition) is 0. The third-order valence-corrected chi connectivity index (χ3v) is 3.28. The van der Waals surface area contributed by atoms with E-state index in [0.717, 1.165) is 13.0 Å². The van der Waals surface area contributed by atoms with Gasteiger partial charge in [-0.05, 0) is 36.5 Å². The van der Waals surface area contributed by atoms with E-state index < -0.39 is 0 Å². The number of hydrogen-bond acceptors (Lipinski definition) is 1. The molecule has 1 heteroatoms. The Morgan fingerprint density at radius 2 is 2.11 bits per heavy atom. The van der Waals surface area contributed by atoms with Crippen molar-refractivity contribution in [2.75, 3.05) is 6.61 Å². The minimum atomic E-state index is 0.648. The Morgan fingerprint density at radius 1 is 1.28 bits per heavy atom. The maximum absolute atomic E-state index is 4.95. The highest BCUT2D eigenvalue weighted by atomic mass is 16.6. The average Bonchev–Trinajstić information content (AvgIpc) is 3.17. The Labute approximate surface area is 110 Å². The third kappa shape index (κ3) is 3.85. The van der Waals surface area contributed by atoms with Gasteiger partial charge in [-0.15, -0.1) is 0 Å². The van der Waals surface area contributed by atoms with Gasteiger partial charge in [-0.1, -0.05) is 55.8 Å². The van der Waals surface area contributed by atoms with Crippen LogP contribution >= 0.6 is 0 Å². The van der Waals surface area contributed by atoms with Crippen LogP contribution in [0.4, 0.5) is 0 Å². The van der Waals surface area contributed by atoms with E-state index in [1.165, 1.54) is 29.5 Å². The summed E-state index contributed by atoms with van der Waals surface area (Å²) in [6.07, 6.45) is 12.8. The van der Waals surface area contributed by atoms with Gasteiger partial charge in [0.1, 0.15) is 0 Å². The van der Waals surface area contributed by atoms with E-state index in [1.54, 1.807) is 0 Å². The molecule has 0 radical (unpaired) electrons. The van der Waals surface area contributed by atoms with Gasteiger partial charge < -0.3 is 4.74 Å². The van der Waals surface area contributed by atoms with E-state index in [0.29, 0.717) is 6.10 Å². The van der Waals surface area contributed by atoms with Crippen molar-refractivity contribution < 1.29 is 4.74 Å². The van der Waals surface area contributed by atoms with Gasteiger partial charge in [0.25, 0.3) is 0 Å². The second-order valence-corrected chi connectivity index (χ2v) is 4.88. The lowest BCUT2D eigenvalue weighted by molar-refractivity contribution is 0.395. The van der Waals surface area contributed by atoms with E-state index in [2.05, 4.69) is 56.4 Å². The summed E-state index contributed by atoms with van der Waals surface area (Å²) in [5, 5.41) is 0. The molecular formula is C17H22O. The summed E-state index contributed by atoms with van der Waals surface area (Å²) in [6.45, 7) is 5.37. The molecule has 0 spiro atoms. The van der Waals surface area contributed by atoms with Crippen LogP contribution in [0.2, 0.25) is 0 Å². The minimum absolute atomic E-state index is 0.648. The van der Waals surface area contributed by atoms with E-state index >= 15 is 0 Å². The van der Waals surface area contributed by atoms with Crippen molar-refractivity contribution in [2.24, 2.45) is 0 Å². The first-order chi connectivity index (χ1) is 8.81. The molecule has 1 saturated heterocycles. The molecule has 0 aromatic heterocycles. The number of allylic oxidation sites excluding steroid dienone is 3. The van der Waals surface area contributed by atoms with Crippen LogP contribution < -0.4 is 0 Å². The largest absolute Gasteiger partial charge is 0.373 e. The summed E-state index contributed by atoms with van der Waals surface area (Å²) < 4.78 is 4.95. The summed E-state index contributed by atoms with van der Waals surface area (Å²) in [5.41, 5.74) is 4.19. The molecule has 2 aliphatic rings. The average molecular weight is 242 g/mol. The lowest BCUT2D eigenvalue weighted by atomic mass is 10.0. The molecule has 1 unspecified atom stereocenters. The van der Waals surface area contributed by atoms with Crippen molar-refractivity contribution in [1.29, 1.82) is 0 Å². The number of aryl methyl sites for hydroxylation is 1. The Bertz CT molecular complexity index is 439. The monoisotopic (exact) mass is 242 g/mol. The Hall–Kier alpha value is -1.34. The topological polar surface area (TPSA) is 12.5 Å². The molecule has 1 atom stereocenters. The van der Waals surface area contributed by atoms with Crippen LogP contribution in [0, 0.1) is 6.92 Å². The summed E-state index contributed by atoms with van der Waals surface area (Å²) >= 11 is 0. The molecule has 1 aromatic carbocycles. The summed E-state index contributed by atoms with van der Waals surface area (Å²) in [6, 6.07) is 6.48. The van der Waals surface area contributed by atoms with Gasteiger partial charge in [0.05, 0.1) is 12.7 Å². The van der Waals surface area contributed by atoms with Gasteiger partial charge >= 0.3 is 0 Å². The standard InChI is InChI=1S/C12H12.C5H10O/c1-10-6-5-8-11-7-3-2-4-9-12(10)11;1-2-3-5-4-6-5/h2-6,8-9H,7H2,1H3;5H,2-4H2,1H3. The fourth-order valence-electron chi connectivity index (χ4n) is 2.14. The number of rotatable bonds is 2. The maximum atomic E-state index is 4.95. The van der Waals surface area contributed by atoms with Crippen LogP contribution in [-0.4, -0.2) is 12.7 Å². The Morgan fingerprint density at radius 3 is 2.78 bits per heavy atom. The second kappa shape index (κ2) is 6.55. The molecule has 96 valence electrons. The van der Waals surface area contributed by atoms with E-state index in [1.807, 2.05) is 0 Å². The molecule has 1 nitrogen and oxygen atoms in total. The zero-order valence-electron chi connectivity index (χ0n) is 11.4. The molecule has 1 fully saturated rings. The number of epoxide rings is 1. The highest BCUT2D eigenvalue weighted by Crippen LogP contribution is 2.18. The molecule has 1 aromatic rings. The third-order valence-electron chi connectivity index (χ3n) is 3.28. The fraction of sp³-hybridized carbons (Fsp3) is 0.412. The van der Waals surface area contributed by atoms with Crippen LogP contribution in [0.3, 0.4) is 0 Å². The molecule has 0 N–H and O–H groups in total. The second-order valence-electron chi connectivity index (χ2n) is 4.88. The summed E-state index contributed by atoms with van der Waals surface area (Å²) in [7, 11) is 0. The molecule has 1 aliphatic carbocycles. The predicted molar refractivity (Wildman–Crippen MR) is 77.7 cm³/mol. The van der Waals surface area contributed by atoms with Crippen LogP contribution in [0.15, 0.2) is 36.4 Å². The smallest absolute Gasteiger partial charge is 0.0809 e. The van der Waals surface area contributed by atoms with Gasteiger partial charge in [0.15, 0.2) is 0 Å². The van der Waals surface area contributed by atoms with E-state index in [9.17, 15) is 0 Å². The highest BCUT2D eigenvalue weighted by Gasteiger charge is 2.19. The van der Waals surface area contributed by atoms with Crippen LogP contribution in [-0.2, 0) is 11.2 Å². The molecule has 0 amide bonds. The molecular weight excluding hydrogens is 220 g/mol. The first-order valence-electron chi connectivity index (χ1n) is 6.84. The first kappa shape index (κ1) is 13.1. The summed E-state index contributed by atoms with van der Waals surface area (Å²) in [5.74, 6) is 0. The molecule has 1 heterocycles. The number of fused-ring (bicyclic) bond motifs is 1. The molecule has 3 rings (SSSR count). The van der Waals surface area contributed by atoms with Gasteiger partial charge in [-0.3, -0.25) is 0 Å². The zero-order valence-corrected chi connectivity index (χ0v) is 11.4. The van der Waals surface area contributed by atoms with E-state index in [4.69, 9.17) is 4.74 Å². The van der Waals surface area contributed by atoms with Gasteiger partial charge in [-0.2, -0.15) is 0 Å². The van der Waals surface area contributed by atoms with Crippen LogP contribution in [0.5, 0.6) is 0 Å². The van der Waals surface area contributed by atoms with Crippen molar-refractivity contribution in [1.82, 2.24) is 0 Å². The Balaban J connectivity index is 0.000000169. The van der Waals surface area contributed by atoms with Gasteiger partial charge in [0.2, 0.25) is 0 Å². The lowest BCUT2D eigenvalue weighted by Gasteiger charge is -2.04. The van der Waals surface area contributed by atoms with Crippen LogP contribution in [0.1, 0.15) is 36.5 Å². The van der Waals surface area contributed by atoms with Crippen LogP contribution in [0.25, 0.3) is 6.08 Å². The Kier molecular flexibility index (Phi) is 4.77. The number of ether oxygens (including phenoxy) is 1. The highest BCUT2D eigenvalue weighted by molar-refractivity contribution is 5.60. The fourth-order valence-corrected chi connectivity index (χ4v) is 2.14. The van der Waals surface area contributed by atoms with Crippen molar-refractivity contribution in [3.05, 3.63) is 53.1 Å². The zero-order chi connectivity index (χ0) is 12.8. The quantitative estimate of drug-likeness (QED) is 0.704. The molecule has 1 aliphatic heterocycles. The molecule has 0 saturated carbocycles. The minimum Gasteiger partial charge on any atom is -0.373 e. The first-order valence-corrected chi connectivity index (χ1v) is 6.84. The van der Waals surface area contributed by atoms with E-state index in [-0.39, 0.29) is 0 Å². The maximum Gasteiger partial charge on any atom is 0.0809 e. The molecule has 0 bridgehead atoms. The van der Waals surface area contributed by atoms with Crippen molar-refractivity contribution in [2.45, 2.75) is 39.2 Å². The van der Waals surface area contributed by atoms with Crippen molar-refractivity contribution in [3.8, 4) is 0 Å². The summed E-state index contributed by atoms with van der Waals surface area (Å²) in [4.78, 5) is 0. The van der Waals surface area contributed by atoms with Gasteiger partial charge in [0, 0.05) is 0 Å². The normalized spacial score (nSPS) is 19.6. The SMILES string of the molecule is CCCC1CO1.Cc1cccc2c1C=CC=CC2. The van der Waals surface area contributed by atoms with Crippen molar-refractivity contribution >= 4 is 6.08 Å². The lowest BCUT2D eigenvalue weighted by Crippen LogP contribution is -1.88.